The summed E-state index contributed by atoms with van der Waals surface area (Å²) >= 11 is 0. The third-order valence-electron chi connectivity index (χ3n) is 6.37. The van der Waals surface area contributed by atoms with Crippen LogP contribution < -0.4 is 11.1 Å². The SMILES string of the molecule is C=NC(=NC=C(C)C)[C@@H](CC(=O)NC[C@H](Cc1ccc(C(N)=O)c(F)c1)N(C)C)C1(C(F)(F)F)CC1. The van der Waals surface area contributed by atoms with Crippen LogP contribution in [0.4, 0.5) is 17.6 Å². The molecule has 0 radical (unpaired) electrons. The molecule has 0 aliphatic heterocycles. The number of hydrogen-bond acceptors (Lipinski definition) is 4. The van der Waals surface area contributed by atoms with Crippen molar-refractivity contribution in [2.24, 2.45) is 27.1 Å². The number of rotatable bonds is 11. The van der Waals surface area contributed by atoms with Gasteiger partial charge in [-0.3, -0.25) is 9.59 Å². The number of hydrogen-bond donors (Lipinski definition) is 2. The van der Waals surface area contributed by atoms with Crippen molar-refractivity contribution in [2.75, 3.05) is 20.6 Å². The fraction of sp³-hybridized carbons (Fsp3) is 0.520. The van der Waals surface area contributed by atoms with Crippen LogP contribution in [-0.4, -0.2) is 62.1 Å². The molecule has 2 amide bonds. The van der Waals surface area contributed by atoms with Crippen molar-refractivity contribution < 1.29 is 27.2 Å². The molecule has 1 fully saturated rings. The zero-order valence-corrected chi connectivity index (χ0v) is 21.0. The molecule has 1 aromatic carbocycles. The Kier molecular flexibility index (Phi) is 9.53. The highest BCUT2D eigenvalue weighted by atomic mass is 19.4. The summed E-state index contributed by atoms with van der Waals surface area (Å²) in [6.07, 6.45) is -3.44. The Hall–Kier alpha value is -3.08. The minimum Gasteiger partial charge on any atom is -0.366 e. The van der Waals surface area contributed by atoms with Gasteiger partial charge in [-0.1, -0.05) is 11.6 Å². The number of nitrogens with zero attached hydrogens (tertiary/aromatic N) is 3. The lowest BCUT2D eigenvalue weighted by molar-refractivity contribution is -0.196. The number of alkyl halides is 3. The third kappa shape index (κ3) is 7.22. The van der Waals surface area contributed by atoms with E-state index in [4.69, 9.17) is 5.73 Å². The summed E-state index contributed by atoms with van der Waals surface area (Å²) in [5.74, 6) is -3.58. The molecule has 0 heterocycles. The first kappa shape index (κ1) is 29.2. The summed E-state index contributed by atoms with van der Waals surface area (Å²) in [6, 6.07) is 3.78. The van der Waals surface area contributed by atoms with Gasteiger partial charge >= 0.3 is 6.18 Å². The van der Waals surface area contributed by atoms with E-state index in [-0.39, 0.29) is 36.8 Å². The summed E-state index contributed by atoms with van der Waals surface area (Å²) in [7, 11) is 3.53. The third-order valence-corrected chi connectivity index (χ3v) is 6.37. The maximum absolute atomic E-state index is 14.1. The number of aliphatic imine (C=N–C) groups is 2. The quantitative estimate of drug-likeness (QED) is 0.268. The molecule has 0 bridgehead atoms. The fourth-order valence-electron chi connectivity index (χ4n) is 4.02. The second kappa shape index (κ2) is 11.8. The number of nitrogens with two attached hydrogens (primary N) is 1. The van der Waals surface area contributed by atoms with Crippen molar-refractivity contribution in [3.05, 3.63) is 46.9 Å². The summed E-state index contributed by atoms with van der Waals surface area (Å²) in [4.78, 5) is 33.7. The number of nitrogens with one attached hydrogen (secondary N) is 1. The Bertz CT molecular complexity index is 1040. The lowest BCUT2D eigenvalue weighted by Crippen LogP contribution is -2.44. The molecule has 1 aromatic rings. The Labute approximate surface area is 208 Å². The van der Waals surface area contributed by atoms with Gasteiger partial charge in [0.2, 0.25) is 5.91 Å². The van der Waals surface area contributed by atoms with Crippen molar-refractivity contribution in [1.29, 1.82) is 0 Å². The first-order valence-electron chi connectivity index (χ1n) is 11.5. The minimum absolute atomic E-state index is 0.106. The van der Waals surface area contributed by atoms with Crippen LogP contribution in [0.1, 0.15) is 49.0 Å². The Morgan fingerprint density at radius 1 is 1.28 bits per heavy atom. The first-order chi connectivity index (χ1) is 16.7. The summed E-state index contributed by atoms with van der Waals surface area (Å²) in [6.45, 7) is 6.99. The maximum atomic E-state index is 14.1. The second-order valence-electron chi connectivity index (χ2n) is 9.57. The van der Waals surface area contributed by atoms with Crippen molar-refractivity contribution >= 4 is 24.4 Å². The van der Waals surface area contributed by atoms with Gasteiger partial charge < -0.3 is 16.0 Å². The Balaban J connectivity index is 2.17. The molecule has 2 rings (SSSR count). The van der Waals surface area contributed by atoms with Crippen LogP contribution in [0.2, 0.25) is 0 Å². The summed E-state index contributed by atoms with van der Waals surface area (Å²) < 4.78 is 55.9. The van der Waals surface area contributed by atoms with E-state index in [1.807, 2.05) is 4.90 Å². The van der Waals surface area contributed by atoms with E-state index in [0.717, 1.165) is 5.57 Å². The Morgan fingerprint density at radius 2 is 1.92 bits per heavy atom. The van der Waals surface area contributed by atoms with Crippen LogP contribution in [0.25, 0.3) is 0 Å². The average Bonchev–Trinajstić information content (AvgIpc) is 3.57. The minimum atomic E-state index is -4.51. The number of carbonyl (C=O) groups excluding carboxylic acids is 2. The highest BCUT2D eigenvalue weighted by Crippen LogP contribution is 2.63. The maximum Gasteiger partial charge on any atom is 0.395 e. The van der Waals surface area contributed by atoms with E-state index in [2.05, 4.69) is 22.0 Å². The molecule has 3 N–H and O–H groups in total. The van der Waals surface area contributed by atoms with Crippen molar-refractivity contribution in [3.63, 3.8) is 0 Å². The molecule has 7 nitrogen and oxygen atoms in total. The van der Waals surface area contributed by atoms with Gasteiger partial charge in [0.1, 0.15) is 11.7 Å². The van der Waals surface area contributed by atoms with Crippen molar-refractivity contribution in [2.45, 2.75) is 51.7 Å². The van der Waals surface area contributed by atoms with E-state index in [1.165, 1.54) is 18.3 Å². The largest absolute Gasteiger partial charge is 0.395 e. The molecule has 11 heteroatoms. The zero-order valence-electron chi connectivity index (χ0n) is 21.0. The van der Waals surface area contributed by atoms with Crippen molar-refractivity contribution in [3.8, 4) is 0 Å². The van der Waals surface area contributed by atoms with Crippen LogP contribution in [0.15, 0.2) is 40.0 Å². The molecule has 0 aromatic heterocycles. The molecule has 0 saturated heterocycles. The van der Waals surface area contributed by atoms with Gasteiger partial charge in [0, 0.05) is 31.1 Å². The lowest BCUT2D eigenvalue weighted by atomic mass is 9.84. The van der Waals surface area contributed by atoms with Gasteiger partial charge in [-0.15, -0.1) is 0 Å². The number of allylic oxidation sites excluding steroid dienone is 1. The van der Waals surface area contributed by atoms with Crippen LogP contribution in [0.3, 0.4) is 0 Å². The number of amides is 2. The van der Waals surface area contributed by atoms with Gasteiger partial charge in [-0.2, -0.15) is 13.2 Å². The molecule has 0 unspecified atom stereocenters. The molecule has 0 spiro atoms. The van der Waals surface area contributed by atoms with Crippen LogP contribution in [0.5, 0.6) is 0 Å². The Morgan fingerprint density at radius 3 is 2.36 bits per heavy atom. The summed E-state index contributed by atoms with van der Waals surface area (Å²) in [5.41, 5.74) is 4.20. The summed E-state index contributed by atoms with van der Waals surface area (Å²) in [5, 5.41) is 2.71. The van der Waals surface area contributed by atoms with Gasteiger partial charge in [0.05, 0.1) is 11.0 Å². The normalized spacial score (nSPS) is 16.8. The number of benzene rings is 1. The molecular weight excluding hydrogens is 478 g/mol. The van der Waals surface area contributed by atoms with Crippen LogP contribution in [-0.2, 0) is 11.2 Å². The molecule has 36 heavy (non-hydrogen) atoms. The number of halogens is 4. The molecule has 1 aliphatic rings. The number of carbonyl (C=O) groups is 2. The van der Waals surface area contributed by atoms with E-state index in [9.17, 15) is 27.2 Å². The molecule has 198 valence electrons. The smallest absolute Gasteiger partial charge is 0.366 e. The monoisotopic (exact) mass is 511 g/mol. The highest BCUT2D eigenvalue weighted by Gasteiger charge is 2.68. The van der Waals surface area contributed by atoms with Crippen LogP contribution in [0, 0.1) is 17.2 Å². The lowest BCUT2D eigenvalue weighted by Gasteiger charge is -2.29. The number of likely N-dealkylation sites (N-methyl/N-ethyl adjacent to an activating group) is 1. The van der Waals surface area contributed by atoms with E-state index < -0.39 is 41.6 Å². The second-order valence-corrected chi connectivity index (χ2v) is 9.57. The van der Waals surface area contributed by atoms with Crippen LogP contribution >= 0.6 is 0 Å². The molecule has 2 atom stereocenters. The first-order valence-corrected chi connectivity index (χ1v) is 11.5. The number of primary amides is 1. The van der Waals surface area contributed by atoms with E-state index in [0.29, 0.717) is 12.0 Å². The fourth-order valence-corrected chi connectivity index (χ4v) is 4.02. The molecular formula is C25H33F4N5O2. The number of amidine groups is 1. The predicted octanol–water partition coefficient (Wildman–Crippen LogP) is 3.89. The average molecular weight is 512 g/mol. The zero-order chi connectivity index (χ0) is 27.3. The topological polar surface area (TPSA) is 100 Å². The van der Waals surface area contributed by atoms with Gasteiger partial charge in [0.25, 0.3) is 5.91 Å². The van der Waals surface area contributed by atoms with E-state index >= 15 is 0 Å². The van der Waals surface area contributed by atoms with Gasteiger partial charge in [-0.05, 0) is 71.6 Å². The van der Waals surface area contributed by atoms with Crippen molar-refractivity contribution in [1.82, 2.24) is 10.2 Å². The molecule has 1 aliphatic carbocycles. The predicted molar refractivity (Wildman–Crippen MR) is 131 cm³/mol. The standard InChI is InChI=1S/C25H33F4N5O2/c1-15(2)13-33-23(31-3)19(24(8-9-24)25(27,28)29)12-21(35)32-14-17(34(4)5)10-16-6-7-18(22(30)36)20(26)11-16/h6-7,11,13,17,19H,3,8-10,12,14H2,1-2,4-5H3,(H2,30,36)(H,32,35)/t17-,19+/m0/s1. The van der Waals surface area contributed by atoms with Gasteiger partial charge in [-0.25, -0.2) is 14.4 Å². The molecule has 1 saturated carbocycles. The van der Waals surface area contributed by atoms with Gasteiger partial charge in [0.15, 0.2) is 0 Å². The highest BCUT2D eigenvalue weighted by molar-refractivity contribution is 5.94. The van der Waals surface area contributed by atoms with E-state index in [1.54, 1.807) is 34.0 Å².